The van der Waals surface area contributed by atoms with Gasteiger partial charge in [-0.1, -0.05) is 12.8 Å². The van der Waals surface area contributed by atoms with Gasteiger partial charge in [0, 0.05) is 30.3 Å². The molecule has 3 rings (SSSR count). The van der Waals surface area contributed by atoms with Crippen LogP contribution in [0, 0.1) is 12.8 Å². The molecule has 1 saturated heterocycles. The van der Waals surface area contributed by atoms with E-state index in [2.05, 4.69) is 5.32 Å². The molecular weight excluding hydrogens is 276 g/mol. The summed E-state index contributed by atoms with van der Waals surface area (Å²) >= 11 is 0. The van der Waals surface area contributed by atoms with Crippen LogP contribution in [0.5, 0.6) is 0 Å². The predicted octanol–water partition coefficient (Wildman–Crippen LogP) is 3.64. The molecule has 22 heavy (non-hydrogen) atoms. The predicted molar refractivity (Wildman–Crippen MR) is 88.0 cm³/mol. The molecule has 0 aromatic heterocycles. The number of nitrogens with one attached hydrogen (secondary N) is 1. The Morgan fingerprint density at radius 2 is 1.95 bits per heavy atom. The third-order valence-corrected chi connectivity index (χ3v) is 4.80. The Labute approximate surface area is 131 Å². The zero-order chi connectivity index (χ0) is 15.5. The number of carbonyl (C=O) groups excluding carboxylic acids is 2. The molecule has 1 aliphatic carbocycles. The van der Waals surface area contributed by atoms with Crippen LogP contribution in [0.1, 0.15) is 50.5 Å². The quantitative estimate of drug-likeness (QED) is 0.926. The van der Waals surface area contributed by atoms with Crippen molar-refractivity contribution in [1.29, 1.82) is 0 Å². The summed E-state index contributed by atoms with van der Waals surface area (Å²) in [5.41, 5.74) is 2.85. The Bertz CT molecular complexity index is 576. The largest absolute Gasteiger partial charge is 0.326 e. The lowest BCUT2D eigenvalue weighted by Crippen LogP contribution is -2.35. The zero-order valence-corrected chi connectivity index (χ0v) is 13.2. The molecule has 2 amide bonds. The van der Waals surface area contributed by atoms with E-state index in [4.69, 9.17) is 0 Å². The van der Waals surface area contributed by atoms with E-state index < -0.39 is 0 Å². The number of piperidine rings is 1. The van der Waals surface area contributed by atoms with E-state index >= 15 is 0 Å². The van der Waals surface area contributed by atoms with Crippen molar-refractivity contribution in [3.05, 3.63) is 23.8 Å². The Morgan fingerprint density at radius 1 is 1.18 bits per heavy atom. The number of aryl methyl sites for hydroxylation is 1. The van der Waals surface area contributed by atoms with Gasteiger partial charge in [-0.15, -0.1) is 0 Å². The molecule has 1 aromatic carbocycles. The highest BCUT2D eigenvalue weighted by atomic mass is 16.2. The van der Waals surface area contributed by atoms with Gasteiger partial charge >= 0.3 is 0 Å². The first-order valence-electron chi connectivity index (χ1n) is 8.37. The maximum Gasteiger partial charge on any atom is 0.227 e. The Balaban J connectivity index is 1.71. The number of rotatable bonds is 3. The monoisotopic (exact) mass is 300 g/mol. The van der Waals surface area contributed by atoms with Gasteiger partial charge < -0.3 is 10.2 Å². The fourth-order valence-corrected chi connectivity index (χ4v) is 3.53. The Morgan fingerprint density at radius 3 is 2.64 bits per heavy atom. The van der Waals surface area contributed by atoms with Gasteiger partial charge in [0.05, 0.1) is 0 Å². The highest BCUT2D eigenvalue weighted by molar-refractivity contribution is 5.96. The first kappa shape index (κ1) is 15.1. The van der Waals surface area contributed by atoms with E-state index in [0.717, 1.165) is 62.0 Å². The van der Waals surface area contributed by atoms with Gasteiger partial charge in [0.1, 0.15) is 0 Å². The maximum absolute atomic E-state index is 12.2. The van der Waals surface area contributed by atoms with Crippen LogP contribution in [-0.2, 0) is 9.59 Å². The van der Waals surface area contributed by atoms with Gasteiger partial charge in [0.25, 0.3) is 0 Å². The molecule has 1 heterocycles. The average Bonchev–Trinajstić information content (AvgIpc) is 3.03. The first-order chi connectivity index (χ1) is 10.6. The highest BCUT2D eigenvalue weighted by Gasteiger charge is 2.24. The van der Waals surface area contributed by atoms with Crippen molar-refractivity contribution < 1.29 is 9.59 Å². The average molecular weight is 300 g/mol. The van der Waals surface area contributed by atoms with Crippen molar-refractivity contribution in [3.8, 4) is 0 Å². The van der Waals surface area contributed by atoms with Crippen molar-refractivity contribution >= 4 is 23.2 Å². The molecule has 4 heteroatoms. The number of carbonyl (C=O) groups is 2. The highest BCUT2D eigenvalue weighted by Crippen LogP contribution is 2.29. The van der Waals surface area contributed by atoms with Gasteiger partial charge in [-0.05, 0) is 56.4 Å². The third kappa shape index (κ3) is 3.16. The number of anilines is 2. The Kier molecular flexibility index (Phi) is 4.46. The van der Waals surface area contributed by atoms with E-state index in [1.807, 2.05) is 30.0 Å². The van der Waals surface area contributed by atoms with Crippen molar-refractivity contribution in [3.63, 3.8) is 0 Å². The van der Waals surface area contributed by atoms with E-state index in [1.165, 1.54) is 0 Å². The molecule has 1 aromatic rings. The van der Waals surface area contributed by atoms with Gasteiger partial charge in [-0.25, -0.2) is 0 Å². The summed E-state index contributed by atoms with van der Waals surface area (Å²) in [6.07, 6.45) is 7.02. The van der Waals surface area contributed by atoms with Gasteiger partial charge in [0.15, 0.2) is 0 Å². The molecule has 0 bridgehead atoms. The van der Waals surface area contributed by atoms with Gasteiger partial charge in [-0.2, -0.15) is 0 Å². The van der Waals surface area contributed by atoms with Crippen molar-refractivity contribution in [2.75, 3.05) is 16.8 Å². The summed E-state index contributed by atoms with van der Waals surface area (Å²) in [7, 11) is 0. The van der Waals surface area contributed by atoms with Crippen molar-refractivity contribution in [1.82, 2.24) is 0 Å². The molecule has 1 N–H and O–H groups in total. The van der Waals surface area contributed by atoms with Crippen molar-refractivity contribution in [2.45, 2.75) is 51.9 Å². The minimum absolute atomic E-state index is 0.138. The molecule has 0 unspecified atom stereocenters. The van der Waals surface area contributed by atoms with Crippen LogP contribution in [0.2, 0.25) is 0 Å². The van der Waals surface area contributed by atoms with Gasteiger partial charge in [0.2, 0.25) is 11.8 Å². The summed E-state index contributed by atoms with van der Waals surface area (Å²) in [4.78, 5) is 26.1. The van der Waals surface area contributed by atoms with E-state index in [9.17, 15) is 9.59 Å². The third-order valence-electron chi connectivity index (χ3n) is 4.80. The fourth-order valence-electron chi connectivity index (χ4n) is 3.53. The lowest BCUT2D eigenvalue weighted by molar-refractivity contribution is -0.120. The number of amides is 2. The molecular formula is C18H24N2O2. The van der Waals surface area contributed by atoms with Crippen LogP contribution in [0.25, 0.3) is 0 Å². The van der Waals surface area contributed by atoms with Crippen LogP contribution in [0.15, 0.2) is 18.2 Å². The minimum atomic E-state index is 0.138. The number of hydrogen-bond donors (Lipinski definition) is 1. The molecule has 0 atom stereocenters. The molecule has 2 fully saturated rings. The van der Waals surface area contributed by atoms with Gasteiger partial charge in [-0.3, -0.25) is 9.59 Å². The molecule has 0 spiro atoms. The first-order valence-corrected chi connectivity index (χ1v) is 8.37. The van der Waals surface area contributed by atoms with Crippen LogP contribution in [-0.4, -0.2) is 18.4 Å². The second kappa shape index (κ2) is 6.51. The lowest BCUT2D eigenvalue weighted by Gasteiger charge is -2.28. The van der Waals surface area contributed by atoms with Crippen LogP contribution >= 0.6 is 0 Å². The smallest absolute Gasteiger partial charge is 0.227 e. The standard InChI is InChI=1S/C18H24N2O2/c1-13-12-15(19-18(22)14-6-2-3-7-14)9-10-16(13)20-11-5-4-8-17(20)21/h9-10,12,14H,2-8,11H2,1H3,(H,19,22). The maximum atomic E-state index is 12.2. The number of benzene rings is 1. The summed E-state index contributed by atoms with van der Waals surface area (Å²) in [6.45, 7) is 2.80. The van der Waals surface area contributed by atoms with Crippen LogP contribution < -0.4 is 10.2 Å². The van der Waals surface area contributed by atoms with E-state index in [-0.39, 0.29) is 17.7 Å². The Hall–Kier alpha value is -1.84. The molecule has 118 valence electrons. The molecule has 1 aliphatic heterocycles. The topological polar surface area (TPSA) is 49.4 Å². The molecule has 4 nitrogen and oxygen atoms in total. The van der Waals surface area contributed by atoms with E-state index in [1.54, 1.807) is 0 Å². The minimum Gasteiger partial charge on any atom is -0.326 e. The SMILES string of the molecule is Cc1cc(NC(=O)C2CCCC2)ccc1N1CCCCC1=O. The van der Waals surface area contributed by atoms with E-state index in [0.29, 0.717) is 6.42 Å². The second-order valence-electron chi connectivity index (χ2n) is 6.47. The number of hydrogen-bond acceptors (Lipinski definition) is 2. The molecule has 1 saturated carbocycles. The summed E-state index contributed by atoms with van der Waals surface area (Å²) in [5.74, 6) is 0.513. The number of nitrogens with zero attached hydrogens (tertiary/aromatic N) is 1. The summed E-state index contributed by atoms with van der Waals surface area (Å²) in [6, 6.07) is 5.85. The zero-order valence-electron chi connectivity index (χ0n) is 13.2. The van der Waals surface area contributed by atoms with Crippen LogP contribution in [0.4, 0.5) is 11.4 Å². The molecule has 2 aliphatic rings. The summed E-state index contributed by atoms with van der Waals surface area (Å²) in [5, 5.41) is 3.02. The van der Waals surface area contributed by atoms with Crippen molar-refractivity contribution in [2.24, 2.45) is 5.92 Å². The second-order valence-corrected chi connectivity index (χ2v) is 6.47. The molecule has 0 radical (unpaired) electrons. The fraction of sp³-hybridized carbons (Fsp3) is 0.556. The lowest BCUT2D eigenvalue weighted by atomic mass is 10.1. The van der Waals surface area contributed by atoms with Crippen LogP contribution in [0.3, 0.4) is 0 Å². The normalized spacial score (nSPS) is 19.5. The summed E-state index contributed by atoms with van der Waals surface area (Å²) < 4.78 is 0.